The third-order valence-corrected chi connectivity index (χ3v) is 3.59. The van der Waals surface area contributed by atoms with E-state index in [1.807, 2.05) is 13.8 Å². The second-order valence-corrected chi connectivity index (χ2v) is 5.73. The smallest absolute Gasteiger partial charge is 0.417 e. The number of rotatable bonds is 8. The van der Waals surface area contributed by atoms with Crippen molar-refractivity contribution in [1.82, 2.24) is 5.43 Å². The van der Waals surface area contributed by atoms with Crippen LogP contribution in [0.3, 0.4) is 0 Å². The molecule has 0 atom stereocenters. The molecule has 2 aromatic carbocycles. The fraction of sp³-hybridized carbons (Fsp3) is 0.300. The van der Waals surface area contributed by atoms with Crippen molar-refractivity contribution >= 4 is 12.1 Å². The molecule has 5 nitrogen and oxygen atoms in total. The minimum Gasteiger partial charge on any atom is -0.490 e. The summed E-state index contributed by atoms with van der Waals surface area (Å²) in [4.78, 5) is 12.1. The lowest BCUT2D eigenvalue weighted by molar-refractivity contribution is -0.137. The molecule has 0 bridgehead atoms. The Hall–Kier alpha value is -3.03. The van der Waals surface area contributed by atoms with Gasteiger partial charge in [-0.25, -0.2) is 5.43 Å². The van der Waals surface area contributed by atoms with E-state index >= 15 is 0 Å². The maximum atomic E-state index is 13.0. The van der Waals surface area contributed by atoms with Crippen LogP contribution in [0.25, 0.3) is 0 Å². The van der Waals surface area contributed by atoms with Crippen molar-refractivity contribution < 1.29 is 27.4 Å². The topological polar surface area (TPSA) is 59.9 Å². The van der Waals surface area contributed by atoms with Crippen LogP contribution in [0.4, 0.5) is 13.2 Å². The van der Waals surface area contributed by atoms with E-state index in [9.17, 15) is 18.0 Å². The van der Waals surface area contributed by atoms with Gasteiger partial charge >= 0.3 is 6.18 Å². The molecule has 0 saturated carbocycles. The van der Waals surface area contributed by atoms with Crippen LogP contribution in [-0.2, 0) is 6.18 Å². The first-order valence-corrected chi connectivity index (χ1v) is 8.76. The van der Waals surface area contributed by atoms with Crippen molar-refractivity contribution in [3.05, 3.63) is 59.2 Å². The molecule has 150 valence electrons. The number of carbonyl (C=O) groups excluding carboxylic acids is 1. The van der Waals surface area contributed by atoms with E-state index in [2.05, 4.69) is 10.5 Å². The molecular formula is C20H21F3N2O3. The fourth-order valence-electron chi connectivity index (χ4n) is 2.36. The number of nitrogens with zero attached hydrogens (tertiary/aromatic N) is 1. The first-order chi connectivity index (χ1) is 13.4. The van der Waals surface area contributed by atoms with Crippen LogP contribution in [0.2, 0.25) is 0 Å². The molecule has 0 aliphatic rings. The van der Waals surface area contributed by atoms with Gasteiger partial charge in [-0.3, -0.25) is 4.79 Å². The van der Waals surface area contributed by atoms with Gasteiger partial charge in [0.25, 0.3) is 5.91 Å². The van der Waals surface area contributed by atoms with Gasteiger partial charge in [0, 0.05) is 0 Å². The Morgan fingerprint density at radius 1 is 1.11 bits per heavy atom. The highest BCUT2D eigenvalue weighted by Gasteiger charge is 2.34. The van der Waals surface area contributed by atoms with Gasteiger partial charge in [-0.2, -0.15) is 18.3 Å². The van der Waals surface area contributed by atoms with Gasteiger partial charge in [-0.15, -0.1) is 0 Å². The maximum Gasteiger partial charge on any atom is 0.417 e. The van der Waals surface area contributed by atoms with Gasteiger partial charge in [0.15, 0.2) is 11.5 Å². The molecule has 0 aliphatic carbocycles. The average molecular weight is 394 g/mol. The Morgan fingerprint density at radius 2 is 1.86 bits per heavy atom. The van der Waals surface area contributed by atoms with Gasteiger partial charge in [0.2, 0.25) is 0 Å². The first-order valence-electron chi connectivity index (χ1n) is 8.76. The van der Waals surface area contributed by atoms with Crippen LogP contribution >= 0.6 is 0 Å². The molecule has 0 heterocycles. The number of amides is 1. The number of hydrogen-bond donors (Lipinski definition) is 1. The maximum absolute atomic E-state index is 13.0. The summed E-state index contributed by atoms with van der Waals surface area (Å²) in [7, 11) is 0. The number of ether oxygens (including phenoxy) is 2. The monoisotopic (exact) mass is 394 g/mol. The van der Waals surface area contributed by atoms with E-state index in [1.165, 1.54) is 18.3 Å². The average Bonchev–Trinajstić information content (AvgIpc) is 2.67. The van der Waals surface area contributed by atoms with E-state index < -0.39 is 23.2 Å². The minimum absolute atomic E-state index is 0.439. The third-order valence-electron chi connectivity index (χ3n) is 3.59. The second-order valence-electron chi connectivity index (χ2n) is 5.73. The molecular weight excluding hydrogens is 373 g/mol. The standard InChI is InChI=1S/C20H21F3N2O3/c1-3-11-28-17-10-9-14(12-18(17)27-4-2)13-24-25-19(26)15-7-5-6-8-16(15)20(21,22)23/h5-10,12-13H,3-4,11H2,1-2H3,(H,25,26)/b24-13-. The lowest BCUT2D eigenvalue weighted by atomic mass is 10.1. The van der Waals surface area contributed by atoms with Crippen molar-refractivity contribution in [3.63, 3.8) is 0 Å². The summed E-state index contributed by atoms with van der Waals surface area (Å²) in [6.45, 7) is 4.81. The lowest BCUT2D eigenvalue weighted by Gasteiger charge is -2.12. The van der Waals surface area contributed by atoms with Crippen molar-refractivity contribution in [1.29, 1.82) is 0 Å². The summed E-state index contributed by atoms with van der Waals surface area (Å²) >= 11 is 0. The van der Waals surface area contributed by atoms with Crippen LogP contribution in [0, 0.1) is 0 Å². The number of alkyl halides is 3. The Morgan fingerprint density at radius 3 is 2.54 bits per heavy atom. The normalized spacial score (nSPS) is 11.5. The Balaban J connectivity index is 2.12. The minimum atomic E-state index is -4.63. The molecule has 1 N–H and O–H groups in total. The molecule has 0 aliphatic heterocycles. The molecule has 28 heavy (non-hydrogen) atoms. The van der Waals surface area contributed by atoms with Gasteiger partial charge in [-0.05, 0) is 49.2 Å². The molecule has 0 radical (unpaired) electrons. The van der Waals surface area contributed by atoms with Crippen molar-refractivity contribution in [2.45, 2.75) is 26.4 Å². The largest absolute Gasteiger partial charge is 0.490 e. The van der Waals surface area contributed by atoms with Crippen LogP contribution in [-0.4, -0.2) is 25.3 Å². The van der Waals surface area contributed by atoms with Gasteiger partial charge in [0.05, 0.1) is 30.6 Å². The summed E-state index contributed by atoms with van der Waals surface area (Å²) in [5.74, 6) is 0.162. The summed E-state index contributed by atoms with van der Waals surface area (Å²) in [5, 5.41) is 3.75. The van der Waals surface area contributed by atoms with Crippen molar-refractivity contribution in [2.75, 3.05) is 13.2 Å². The summed E-state index contributed by atoms with van der Waals surface area (Å²) in [6.07, 6.45) is -2.46. The summed E-state index contributed by atoms with van der Waals surface area (Å²) in [6, 6.07) is 9.61. The molecule has 0 unspecified atom stereocenters. The molecule has 2 rings (SSSR count). The van der Waals surface area contributed by atoms with Crippen LogP contribution < -0.4 is 14.9 Å². The summed E-state index contributed by atoms with van der Waals surface area (Å²) < 4.78 is 50.1. The highest BCUT2D eigenvalue weighted by molar-refractivity contribution is 5.96. The SMILES string of the molecule is CCCOc1ccc(/C=N\NC(=O)c2ccccc2C(F)(F)F)cc1OCC. The number of hydrazone groups is 1. The van der Waals surface area contributed by atoms with E-state index in [0.717, 1.165) is 18.6 Å². The molecule has 0 saturated heterocycles. The zero-order valence-corrected chi connectivity index (χ0v) is 15.5. The molecule has 0 aromatic heterocycles. The predicted molar refractivity (Wildman–Crippen MR) is 99.9 cm³/mol. The fourth-order valence-corrected chi connectivity index (χ4v) is 2.36. The Labute approximate surface area is 161 Å². The van der Waals surface area contributed by atoms with E-state index in [0.29, 0.717) is 30.3 Å². The van der Waals surface area contributed by atoms with E-state index in [4.69, 9.17) is 9.47 Å². The first kappa shape index (κ1) is 21.3. The van der Waals surface area contributed by atoms with Gasteiger partial charge in [-0.1, -0.05) is 19.1 Å². The predicted octanol–water partition coefficient (Wildman–Crippen LogP) is 4.66. The number of hydrogen-bond acceptors (Lipinski definition) is 4. The highest BCUT2D eigenvalue weighted by Crippen LogP contribution is 2.32. The van der Waals surface area contributed by atoms with Crippen LogP contribution in [0.1, 0.15) is 41.8 Å². The molecule has 1 amide bonds. The molecule has 8 heteroatoms. The number of nitrogens with one attached hydrogen (secondary N) is 1. The van der Waals surface area contributed by atoms with Gasteiger partial charge in [0.1, 0.15) is 0 Å². The number of carbonyl (C=O) groups is 1. The Bertz CT molecular complexity index is 836. The van der Waals surface area contributed by atoms with Crippen molar-refractivity contribution in [3.8, 4) is 11.5 Å². The van der Waals surface area contributed by atoms with Crippen LogP contribution in [0.15, 0.2) is 47.6 Å². The van der Waals surface area contributed by atoms with E-state index in [-0.39, 0.29) is 0 Å². The van der Waals surface area contributed by atoms with Crippen LogP contribution in [0.5, 0.6) is 11.5 Å². The van der Waals surface area contributed by atoms with Crippen molar-refractivity contribution in [2.24, 2.45) is 5.10 Å². The van der Waals surface area contributed by atoms with Gasteiger partial charge < -0.3 is 9.47 Å². The quantitative estimate of drug-likeness (QED) is 0.523. The molecule has 0 fully saturated rings. The molecule has 2 aromatic rings. The Kier molecular flexibility index (Phi) is 7.43. The number of halogens is 3. The van der Waals surface area contributed by atoms with E-state index in [1.54, 1.807) is 18.2 Å². The number of benzene rings is 2. The zero-order chi connectivity index (χ0) is 20.6. The zero-order valence-electron chi connectivity index (χ0n) is 15.5. The lowest BCUT2D eigenvalue weighted by Crippen LogP contribution is -2.22. The second kappa shape index (κ2) is 9.77. The third kappa shape index (κ3) is 5.73. The summed E-state index contributed by atoms with van der Waals surface area (Å²) in [5.41, 5.74) is 1.20. The highest BCUT2D eigenvalue weighted by atomic mass is 19.4. The molecule has 0 spiro atoms.